The number of carbonyl (C=O) groups excluding carboxylic acids is 2. The van der Waals surface area contributed by atoms with Gasteiger partial charge in [0.1, 0.15) is 0 Å². The Morgan fingerprint density at radius 2 is 2.15 bits per heavy atom. The van der Waals surface area contributed by atoms with Crippen LogP contribution < -0.4 is 15.8 Å². The van der Waals surface area contributed by atoms with E-state index in [1.54, 1.807) is 4.90 Å². The zero-order valence-electron chi connectivity index (χ0n) is 15.1. The van der Waals surface area contributed by atoms with Gasteiger partial charge in [0.2, 0.25) is 18.3 Å². The number of rotatable bonds is 9. The molecule has 2 aliphatic rings. The number of aromatic nitrogens is 2. The van der Waals surface area contributed by atoms with Gasteiger partial charge in [0, 0.05) is 13.1 Å². The number of anilines is 2. The van der Waals surface area contributed by atoms with Gasteiger partial charge in [-0.05, 0) is 18.8 Å². The second-order valence-corrected chi connectivity index (χ2v) is 7.13. The molecule has 2 amide bonds. The van der Waals surface area contributed by atoms with Crippen molar-refractivity contribution in [1.29, 1.82) is 0 Å². The maximum absolute atomic E-state index is 13.8. The minimum Gasteiger partial charge on any atom is -0.354 e. The average Bonchev–Trinajstić information content (AvgIpc) is 3.13. The predicted molar refractivity (Wildman–Crippen MR) is 95.2 cm³/mol. The molecule has 10 heteroatoms. The Labute approximate surface area is 156 Å². The molecule has 0 unspecified atom stereocenters. The van der Waals surface area contributed by atoms with E-state index in [2.05, 4.69) is 20.8 Å². The number of carbonyl (C=O) groups is 2. The summed E-state index contributed by atoms with van der Waals surface area (Å²) < 4.78 is 13.8. The van der Waals surface area contributed by atoms with Crippen LogP contribution in [-0.4, -0.2) is 52.2 Å². The van der Waals surface area contributed by atoms with Crippen molar-refractivity contribution in [2.75, 3.05) is 30.0 Å². The Morgan fingerprint density at radius 3 is 2.78 bits per heavy atom. The first-order chi connectivity index (χ1) is 13.1. The smallest absolute Gasteiger partial charge is 0.243 e. The second kappa shape index (κ2) is 8.94. The summed E-state index contributed by atoms with van der Waals surface area (Å²) in [6.07, 6.45) is 7.28. The van der Waals surface area contributed by atoms with E-state index in [1.807, 2.05) is 0 Å². The fraction of sp³-hybridized carbons (Fsp3) is 0.647. The number of nitrogens with zero attached hydrogens (tertiary/aromatic N) is 4. The summed E-state index contributed by atoms with van der Waals surface area (Å²) in [5, 5.41) is 9.97. The van der Waals surface area contributed by atoms with Crippen molar-refractivity contribution in [2.24, 2.45) is 11.8 Å². The minimum absolute atomic E-state index is 0.0857. The third kappa shape index (κ3) is 5.03. The summed E-state index contributed by atoms with van der Waals surface area (Å²) >= 11 is 0. The molecule has 1 aliphatic heterocycles. The number of hydrogen-bond acceptors (Lipinski definition) is 7. The maximum Gasteiger partial charge on any atom is 0.243 e. The molecular weight excluding hydrogens is 355 g/mol. The molecule has 2 fully saturated rings. The molecule has 2 heterocycles. The molecule has 3 N–H and O–H groups in total. The third-order valence-corrected chi connectivity index (χ3v) is 5.17. The monoisotopic (exact) mass is 380 g/mol. The van der Waals surface area contributed by atoms with Gasteiger partial charge < -0.3 is 4.90 Å². The van der Waals surface area contributed by atoms with Crippen LogP contribution in [0.15, 0.2) is 6.20 Å². The molecule has 1 aromatic rings. The Balaban J connectivity index is 1.59. The fourth-order valence-electron chi connectivity index (χ4n) is 3.57. The van der Waals surface area contributed by atoms with Gasteiger partial charge in [-0.25, -0.2) is 14.4 Å². The van der Waals surface area contributed by atoms with Crippen LogP contribution in [0.4, 0.5) is 16.2 Å². The van der Waals surface area contributed by atoms with Gasteiger partial charge in [-0.15, -0.1) is 0 Å². The van der Waals surface area contributed by atoms with E-state index in [1.165, 1.54) is 0 Å². The largest absolute Gasteiger partial charge is 0.354 e. The van der Waals surface area contributed by atoms with Crippen LogP contribution in [0.3, 0.4) is 0 Å². The van der Waals surface area contributed by atoms with Gasteiger partial charge in [-0.1, -0.05) is 25.7 Å². The van der Waals surface area contributed by atoms with E-state index in [-0.39, 0.29) is 30.6 Å². The lowest BCUT2D eigenvalue weighted by Gasteiger charge is -2.32. The normalized spacial score (nSPS) is 17.9. The highest BCUT2D eigenvalue weighted by Crippen LogP contribution is 2.30. The number of hydroxylamine groups is 2. The first-order valence-electron chi connectivity index (χ1n) is 9.31. The zero-order valence-corrected chi connectivity index (χ0v) is 15.1. The molecule has 1 aliphatic carbocycles. The molecule has 148 valence electrons. The molecule has 1 saturated carbocycles. The molecule has 0 spiro atoms. The summed E-state index contributed by atoms with van der Waals surface area (Å²) in [7, 11) is 0. The Morgan fingerprint density at radius 1 is 1.41 bits per heavy atom. The van der Waals surface area contributed by atoms with Crippen molar-refractivity contribution in [3.8, 4) is 0 Å². The summed E-state index contributed by atoms with van der Waals surface area (Å²) in [6.45, 7) is 1.39. The molecule has 0 radical (unpaired) electrons. The van der Waals surface area contributed by atoms with Gasteiger partial charge in [0.15, 0.2) is 11.6 Å². The second-order valence-electron chi connectivity index (χ2n) is 7.13. The average molecular weight is 380 g/mol. The molecule has 3 rings (SSSR count). The van der Waals surface area contributed by atoms with Crippen LogP contribution in [0, 0.1) is 17.7 Å². The zero-order chi connectivity index (χ0) is 19.2. The molecule has 27 heavy (non-hydrogen) atoms. The van der Waals surface area contributed by atoms with Crippen molar-refractivity contribution in [3.05, 3.63) is 12.0 Å². The molecule has 0 aromatic carbocycles. The first kappa shape index (κ1) is 19.3. The summed E-state index contributed by atoms with van der Waals surface area (Å²) in [4.78, 5) is 33.0. The van der Waals surface area contributed by atoms with Crippen LogP contribution in [0.1, 0.15) is 38.5 Å². The molecule has 9 nitrogen and oxygen atoms in total. The molecule has 1 saturated heterocycles. The van der Waals surface area contributed by atoms with Crippen molar-refractivity contribution in [1.82, 2.24) is 20.5 Å². The van der Waals surface area contributed by atoms with Crippen molar-refractivity contribution < 1.29 is 19.2 Å². The molecule has 0 bridgehead atoms. The predicted octanol–water partition coefficient (Wildman–Crippen LogP) is 1.31. The molecule has 1 atom stereocenters. The topological polar surface area (TPSA) is 111 Å². The lowest BCUT2D eigenvalue weighted by atomic mass is 9.92. The van der Waals surface area contributed by atoms with Crippen LogP contribution >= 0.6 is 0 Å². The highest BCUT2D eigenvalue weighted by atomic mass is 19.1. The van der Waals surface area contributed by atoms with Gasteiger partial charge >= 0.3 is 0 Å². The number of hydrogen-bond donors (Lipinski definition) is 3. The van der Waals surface area contributed by atoms with Gasteiger partial charge in [-0.2, -0.15) is 4.98 Å². The highest BCUT2D eigenvalue weighted by molar-refractivity contribution is 5.80. The van der Waals surface area contributed by atoms with E-state index in [9.17, 15) is 19.2 Å². The number of nitrogens with one attached hydrogen (secondary N) is 2. The van der Waals surface area contributed by atoms with E-state index < -0.39 is 11.7 Å². The fourth-order valence-corrected chi connectivity index (χ4v) is 3.57. The van der Waals surface area contributed by atoms with Crippen molar-refractivity contribution in [3.63, 3.8) is 0 Å². The molecular formula is C17H25FN6O3. The van der Waals surface area contributed by atoms with Crippen LogP contribution in [0.2, 0.25) is 0 Å². The van der Waals surface area contributed by atoms with E-state index in [0.29, 0.717) is 17.4 Å². The van der Waals surface area contributed by atoms with Gasteiger partial charge in [-0.3, -0.25) is 25.6 Å². The lowest BCUT2D eigenvalue weighted by molar-refractivity contribution is -0.154. The first-order valence-corrected chi connectivity index (χ1v) is 9.31. The van der Waals surface area contributed by atoms with Crippen LogP contribution in [-0.2, 0) is 9.59 Å². The van der Waals surface area contributed by atoms with Crippen LogP contribution in [0.25, 0.3) is 0 Å². The quantitative estimate of drug-likeness (QED) is 0.336. The summed E-state index contributed by atoms with van der Waals surface area (Å²) in [6, 6.07) is 0. The Hall–Kier alpha value is -2.49. The number of amides is 2. The SMILES string of the molecule is O=CN(O)C[C@@H](CC1CCCC1)C(=O)NNc1ncc(F)c(N2CCC2)n1. The van der Waals surface area contributed by atoms with E-state index in [0.717, 1.165) is 51.4 Å². The van der Waals surface area contributed by atoms with Gasteiger partial charge in [0.25, 0.3) is 0 Å². The van der Waals surface area contributed by atoms with Crippen molar-refractivity contribution >= 4 is 24.1 Å². The summed E-state index contributed by atoms with van der Waals surface area (Å²) in [5.41, 5.74) is 5.12. The maximum atomic E-state index is 13.8. The Kier molecular flexibility index (Phi) is 6.38. The number of halogens is 1. The number of hydrazine groups is 1. The third-order valence-electron chi connectivity index (χ3n) is 5.17. The molecule has 1 aromatic heterocycles. The standard InChI is InChI=1S/C17H25FN6O3/c18-14-9-19-17(20-15(14)23-6-3-7-23)22-21-16(26)13(10-24(27)11-25)8-12-4-1-2-5-12/h9,11-13,27H,1-8,10H2,(H,21,26)(H,19,20,22)/t13-/m1/s1. The minimum atomic E-state index is -0.564. The van der Waals surface area contributed by atoms with Crippen molar-refractivity contribution in [2.45, 2.75) is 38.5 Å². The van der Waals surface area contributed by atoms with Crippen LogP contribution in [0.5, 0.6) is 0 Å². The van der Waals surface area contributed by atoms with Gasteiger partial charge in [0.05, 0.1) is 18.7 Å². The Bertz CT molecular complexity index is 666. The summed E-state index contributed by atoms with van der Waals surface area (Å²) in [5.74, 6) is -0.749. The highest BCUT2D eigenvalue weighted by Gasteiger charge is 2.27. The van der Waals surface area contributed by atoms with E-state index in [4.69, 9.17) is 0 Å². The lowest BCUT2D eigenvalue weighted by Crippen LogP contribution is -2.41. The van der Waals surface area contributed by atoms with E-state index >= 15 is 0 Å².